The van der Waals surface area contributed by atoms with Gasteiger partial charge in [-0.3, -0.25) is 9.10 Å². The standard InChI is InChI=1S/C26H30N2O3S/c1-19(2)21-13-15-24(16-14-21)28(32(4,30)31)18-25(29)27-26(22-10-6-5-7-11-22)23-12-8-9-20(3)17-23/h5-17,19,26H,18H2,1-4H3,(H,27,29). The van der Waals surface area contributed by atoms with Gasteiger partial charge in [-0.25, -0.2) is 8.42 Å². The van der Waals surface area contributed by atoms with Gasteiger partial charge in [0.15, 0.2) is 0 Å². The number of rotatable bonds is 8. The molecule has 0 aliphatic carbocycles. The molecule has 5 nitrogen and oxygen atoms in total. The monoisotopic (exact) mass is 450 g/mol. The lowest BCUT2D eigenvalue weighted by Crippen LogP contribution is -2.41. The molecule has 0 spiro atoms. The molecule has 3 aromatic rings. The highest BCUT2D eigenvalue weighted by Gasteiger charge is 2.24. The molecule has 1 N–H and O–H groups in total. The van der Waals surface area contributed by atoms with Crippen LogP contribution in [0.4, 0.5) is 5.69 Å². The van der Waals surface area contributed by atoms with Gasteiger partial charge >= 0.3 is 0 Å². The lowest BCUT2D eigenvalue weighted by atomic mass is 9.97. The molecule has 0 aliphatic rings. The Morgan fingerprint density at radius 1 is 0.875 bits per heavy atom. The van der Waals surface area contributed by atoms with E-state index in [9.17, 15) is 13.2 Å². The van der Waals surface area contributed by atoms with Crippen LogP contribution in [0.25, 0.3) is 0 Å². The summed E-state index contributed by atoms with van der Waals surface area (Å²) in [7, 11) is -3.65. The predicted molar refractivity (Wildman–Crippen MR) is 130 cm³/mol. The number of anilines is 1. The van der Waals surface area contributed by atoms with Gasteiger partial charge < -0.3 is 5.32 Å². The maximum absolute atomic E-state index is 13.1. The van der Waals surface area contributed by atoms with Crippen LogP contribution in [-0.2, 0) is 14.8 Å². The van der Waals surface area contributed by atoms with Gasteiger partial charge in [0.05, 0.1) is 18.0 Å². The van der Waals surface area contributed by atoms with E-state index in [-0.39, 0.29) is 18.5 Å². The Balaban J connectivity index is 1.87. The van der Waals surface area contributed by atoms with Crippen LogP contribution in [0.15, 0.2) is 78.9 Å². The van der Waals surface area contributed by atoms with Crippen LogP contribution in [0.5, 0.6) is 0 Å². The van der Waals surface area contributed by atoms with Crippen LogP contribution < -0.4 is 9.62 Å². The number of carbonyl (C=O) groups excluding carboxylic acids is 1. The van der Waals surface area contributed by atoms with E-state index in [4.69, 9.17) is 0 Å². The number of carbonyl (C=O) groups is 1. The van der Waals surface area contributed by atoms with Gasteiger partial charge in [-0.15, -0.1) is 0 Å². The van der Waals surface area contributed by atoms with Crippen molar-refractivity contribution in [1.29, 1.82) is 0 Å². The molecule has 0 bridgehead atoms. The van der Waals surface area contributed by atoms with Crippen LogP contribution in [0.1, 0.15) is 48.1 Å². The number of sulfonamides is 1. The fourth-order valence-electron chi connectivity index (χ4n) is 3.62. The molecule has 0 aliphatic heterocycles. The molecule has 168 valence electrons. The molecule has 0 fully saturated rings. The van der Waals surface area contributed by atoms with Crippen molar-refractivity contribution in [1.82, 2.24) is 5.32 Å². The van der Waals surface area contributed by atoms with E-state index in [0.717, 1.165) is 32.8 Å². The number of benzene rings is 3. The minimum Gasteiger partial charge on any atom is -0.344 e. The highest BCUT2D eigenvalue weighted by molar-refractivity contribution is 7.92. The molecular formula is C26H30N2O3S. The van der Waals surface area contributed by atoms with Crippen LogP contribution in [0.2, 0.25) is 0 Å². The maximum atomic E-state index is 13.1. The molecule has 3 rings (SSSR count). The number of aryl methyl sites for hydroxylation is 1. The van der Waals surface area contributed by atoms with Gasteiger partial charge in [0.25, 0.3) is 0 Å². The largest absolute Gasteiger partial charge is 0.344 e. The van der Waals surface area contributed by atoms with Crippen LogP contribution in [0.3, 0.4) is 0 Å². The maximum Gasteiger partial charge on any atom is 0.241 e. The number of amides is 1. The first-order chi connectivity index (χ1) is 15.1. The quantitative estimate of drug-likeness (QED) is 0.537. The minimum atomic E-state index is -3.65. The van der Waals surface area contributed by atoms with Gasteiger partial charge in [-0.05, 0) is 41.7 Å². The van der Waals surface area contributed by atoms with Crippen LogP contribution in [-0.4, -0.2) is 27.1 Å². The number of nitrogens with one attached hydrogen (secondary N) is 1. The topological polar surface area (TPSA) is 66.5 Å². The summed E-state index contributed by atoms with van der Waals surface area (Å²) >= 11 is 0. The zero-order chi connectivity index (χ0) is 23.3. The zero-order valence-electron chi connectivity index (χ0n) is 18.9. The van der Waals surface area contributed by atoms with Gasteiger partial charge in [-0.2, -0.15) is 0 Å². The minimum absolute atomic E-state index is 0.297. The summed E-state index contributed by atoms with van der Waals surface area (Å²) in [6.45, 7) is 5.85. The summed E-state index contributed by atoms with van der Waals surface area (Å²) in [6, 6.07) is 24.5. The summed E-state index contributed by atoms with van der Waals surface area (Å²) in [6.07, 6.45) is 1.12. The van der Waals surface area contributed by atoms with E-state index in [1.54, 1.807) is 12.1 Å². The fourth-order valence-corrected chi connectivity index (χ4v) is 4.47. The lowest BCUT2D eigenvalue weighted by Gasteiger charge is -2.25. The summed E-state index contributed by atoms with van der Waals surface area (Å²) < 4.78 is 26.1. The van der Waals surface area contributed by atoms with Gasteiger partial charge in [0.1, 0.15) is 6.54 Å². The first-order valence-corrected chi connectivity index (χ1v) is 12.5. The van der Waals surface area contributed by atoms with Crippen molar-refractivity contribution in [2.24, 2.45) is 0 Å². The Labute approximate surface area is 191 Å². The highest BCUT2D eigenvalue weighted by atomic mass is 32.2. The first-order valence-electron chi connectivity index (χ1n) is 10.6. The molecule has 1 amide bonds. The average Bonchev–Trinajstić information content (AvgIpc) is 2.76. The third-order valence-corrected chi connectivity index (χ3v) is 6.49. The first kappa shape index (κ1) is 23.5. The highest BCUT2D eigenvalue weighted by Crippen LogP contribution is 2.24. The average molecular weight is 451 g/mol. The molecule has 0 saturated heterocycles. The van der Waals surface area contributed by atoms with Crippen LogP contribution >= 0.6 is 0 Å². The van der Waals surface area contributed by atoms with E-state index in [0.29, 0.717) is 11.6 Å². The Hall–Kier alpha value is -3.12. The van der Waals surface area contributed by atoms with Crippen molar-refractivity contribution in [2.75, 3.05) is 17.1 Å². The fraction of sp³-hybridized carbons (Fsp3) is 0.269. The van der Waals surface area contributed by atoms with Crippen molar-refractivity contribution < 1.29 is 13.2 Å². The molecule has 1 unspecified atom stereocenters. The molecule has 1 atom stereocenters. The number of hydrogen-bond donors (Lipinski definition) is 1. The molecule has 6 heteroatoms. The van der Waals surface area contributed by atoms with Crippen molar-refractivity contribution in [3.63, 3.8) is 0 Å². The molecule has 0 saturated carbocycles. The van der Waals surface area contributed by atoms with E-state index in [1.165, 1.54) is 0 Å². The Bertz CT molecular complexity index is 1160. The second-order valence-electron chi connectivity index (χ2n) is 8.34. The van der Waals surface area contributed by atoms with Gasteiger partial charge in [-0.1, -0.05) is 86.1 Å². The number of nitrogens with zero attached hydrogens (tertiary/aromatic N) is 1. The molecule has 0 radical (unpaired) electrons. The molecule has 0 aromatic heterocycles. The van der Waals surface area contributed by atoms with Crippen molar-refractivity contribution >= 4 is 21.6 Å². The normalized spacial score (nSPS) is 12.4. The predicted octanol–water partition coefficient (Wildman–Crippen LogP) is 4.79. The van der Waals surface area contributed by atoms with E-state index in [1.807, 2.05) is 73.7 Å². The SMILES string of the molecule is Cc1cccc(C(NC(=O)CN(c2ccc(C(C)C)cc2)S(C)(=O)=O)c2ccccc2)c1. The summed E-state index contributed by atoms with van der Waals surface area (Å²) in [5.41, 5.74) is 4.53. The molecule has 0 heterocycles. The van der Waals surface area contributed by atoms with Crippen molar-refractivity contribution in [3.8, 4) is 0 Å². The summed E-state index contributed by atoms with van der Waals surface area (Å²) in [5, 5.41) is 3.03. The second-order valence-corrected chi connectivity index (χ2v) is 10.2. The molecule has 32 heavy (non-hydrogen) atoms. The van der Waals surface area contributed by atoms with Gasteiger partial charge in [0, 0.05) is 0 Å². The van der Waals surface area contributed by atoms with Crippen molar-refractivity contribution in [3.05, 3.63) is 101 Å². The van der Waals surface area contributed by atoms with Crippen LogP contribution in [0, 0.1) is 6.92 Å². The third-order valence-electron chi connectivity index (χ3n) is 5.35. The smallest absolute Gasteiger partial charge is 0.241 e. The Morgan fingerprint density at radius 3 is 2.06 bits per heavy atom. The summed E-state index contributed by atoms with van der Waals surface area (Å²) in [4.78, 5) is 13.1. The second kappa shape index (κ2) is 10.0. The Kier molecular flexibility index (Phi) is 7.36. The zero-order valence-corrected chi connectivity index (χ0v) is 19.8. The molecule has 3 aromatic carbocycles. The van der Waals surface area contributed by atoms with E-state index in [2.05, 4.69) is 19.2 Å². The Morgan fingerprint density at radius 2 is 1.50 bits per heavy atom. The van der Waals surface area contributed by atoms with Gasteiger partial charge in [0.2, 0.25) is 15.9 Å². The van der Waals surface area contributed by atoms with E-state index < -0.39 is 10.0 Å². The third kappa shape index (κ3) is 5.98. The lowest BCUT2D eigenvalue weighted by molar-refractivity contribution is -0.120. The summed E-state index contributed by atoms with van der Waals surface area (Å²) in [5.74, 6) is -0.0429. The number of hydrogen-bond acceptors (Lipinski definition) is 3. The molecular weight excluding hydrogens is 420 g/mol. The van der Waals surface area contributed by atoms with E-state index >= 15 is 0 Å². The van der Waals surface area contributed by atoms with Crippen molar-refractivity contribution in [2.45, 2.75) is 32.7 Å².